The molecule has 1 spiro atoms. The van der Waals surface area contributed by atoms with Crippen LogP contribution >= 0.6 is 0 Å². The Morgan fingerprint density at radius 3 is 3.00 bits per heavy atom. The van der Waals surface area contributed by atoms with Crippen LogP contribution in [-0.4, -0.2) is 18.4 Å². The van der Waals surface area contributed by atoms with Gasteiger partial charge in [-0.3, -0.25) is 9.59 Å². The minimum atomic E-state index is -0.295. The molecule has 18 heavy (non-hydrogen) atoms. The van der Waals surface area contributed by atoms with E-state index in [1.54, 1.807) is 13.0 Å². The monoisotopic (exact) mass is 242 g/mol. The second kappa shape index (κ2) is 3.80. The van der Waals surface area contributed by atoms with Crippen LogP contribution in [0.25, 0.3) is 0 Å². The second-order valence-corrected chi connectivity index (χ2v) is 4.79. The molecule has 2 unspecified atom stereocenters. The first kappa shape index (κ1) is 11.2. The van der Waals surface area contributed by atoms with Crippen molar-refractivity contribution in [2.75, 3.05) is 6.61 Å². The molecule has 0 aromatic heterocycles. The minimum Gasteiger partial charge on any atom is -0.466 e. The molecule has 0 bridgehead atoms. The van der Waals surface area contributed by atoms with Crippen LogP contribution in [0.4, 0.5) is 0 Å². The third-order valence-corrected chi connectivity index (χ3v) is 3.80. The fourth-order valence-electron chi connectivity index (χ4n) is 2.80. The van der Waals surface area contributed by atoms with Gasteiger partial charge in [-0.1, -0.05) is 30.3 Å². The van der Waals surface area contributed by atoms with Crippen LogP contribution in [0.1, 0.15) is 29.3 Å². The topological polar surface area (TPSA) is 43.4 Å². The first-order valence-corrected chi connectivity index (χ1v) is 6.19. The summed E-state index contributed by atoms with van der Waals surface area (Å²) in [5.41, 5.74) is 1.39. The smallest absolute Gasteiger partial charge is 0.310 e. The van der Waals surface area contributed by atoms with Crippen LogP contribution in [0.5, 0.6) is 0 Å². The van der Waals surface area contributed by atoms with Crippen molar-refractivity contribution in [2.45, 2.75) is 18.8 Å². The standard InChI is InChI=1S/C15H14O3/c1-2-18-14(17)12-9-15(12)8-7-13(16)10-5-3-4-6-11(10)15/h3-8,12H,2,9H2,1H3. The molecule has 3 heteroatoms. The number of carbonyl (C=O) groups excluding carboxylic acids is 2. The van der Waals surface area contributed by atoms with Crippen molar-refractivity contribution in [3.8, 4) is 0 Å². The van der Waals surface area contributed by atoms with Crippen LogP contribution < -0.4 is 0 Å². The molecule has 0 radical (unpaired) electrons. The number of allylic oxidation sites excluding steroid dienone is 2. The number of ketones is 1. The molecule has 0 aliphatic heterocycles. The molecule has 3 nitrogen and oxygen atoms in total. The van der Waals surface area contributed by atoms with Crippen LogP contribution in [0.15, 0.2) is 36.4 Å². The van der Waals surface area contributed by atoms with Gasteiger partial charge in [0.05, 0.1) is 12.5 Å². The Bertz CT molecular complexity index is 559. The highest BCUT2D eigenvalue weighted by Gasteiger charge is 2.60. The number of rotatable bonds is 2. The maximum atomic E-state index is 11.8. The van der Waals surface area contributed by atoms with E-state index in [1.165, 1.54) is 0 Å². The highest BCUT2D eigenvalue weighted by Crippen LogP contribution is 2.58. The van der Waals surface area contributed by atoms with Crippen LogP contribution in [0.2, 0.25) is 0 Å². The molecule has 0 amide bonds. The Labute approximate surface area is 105 Å². The maximum absolute atomic E-state index is 11.8. The quantitative estimate of drug-likeness (QED) is 0.747. The molecule has 1 aromatic rings. The molecule has 2 aliphatic carbocycles. The van der Waals surface area contributed by atoms with Gasteiger partial charge in [0.25, 0.3) is 0 Å². The Morgan fingerprint density at radius 2 is 2.22 bits per heavy atom. The molecule has 92 valence electrons. The Balaban J connectivity index is 1.99. The number of esters is 1. The van der Waals surface area contributed by atoms with E-state index in [9.17, 15) is 9.59 Å². The van der Waals surface area contributed by atoms with Gasteiger partial charge in [0.1, 0.15) is 0 Å². The van der Waals surface area contributed by atoms with Crippen LogP contribution in [0.3, 0.4) is 0 Å². The van der Waals surface area contributed by atoms with Crippen molar-refractivity contribution in [2.24, 2.45) is 5.92 Å². The molecule has 0 heterocycles. The van der Waals surface area contributed by atoms with Gasteiger partial charge in [-0.05, 0) is 25.0 Å². The fourth-order valence-corrected chi connectivity index (χ4v) is 2.80. The number of fused-ring (bicyclic) bond motifs is 2. The summed E-state index contributed by atoms with van der Waals surface area (Å²) in [7, 11) is 0. The number of hydrogen-bond donors (Lipinski definition) is 0. The van der Waals surface area contributed by atoms with E-state index in [2.05, 4.69) is 0 Å². The fraction of sp³-hybridized carbons (Fsp3) is 0.333. The number of hydrogen-bond acceptors (Lipinski definition) is 3. The number of benzene rings is 1. The largest absolute Gasteiger partial charge is 0.466 e. The van der Waals surface area contributed by atoms with Crippen LogP contribution in [0, 0.1) is 5.92 Å². The van der Waals surface area contributed by atoms with E-state index in [4.69, 9.17) is 4.74 Å². The summed E-state index contributed by atoms with van der Waals surface area (Å²) < 4.78 is 5.08. The predicted octanol–water partition coefficient (Wildman–Crippen LogP) is 2.26. The third kappa shape index (κ3) is 1.43. The Morgan fingerprint density at radius 1 is 1.44 bits per heavy atom. The highest BCUT2D eigenvalue weighted by atomic mass is 16.5. The van der Waals surface area contributed by atoms with Crippen molar-refractivity contribution in [3.05, 3.63) is 47.5 Å². The summed E-state index contributed by atoms with van der Waals surface area (Å²) in [5.74, 6) is -0.278. The van der Waals surface area contributed by atoms with Gasteiger partial charge < -0.3 is 4.74 Å². The summed E-state index contributed by atoms with van der Waals surface area (Å²) in [6.45, 7) is 2.21. The molecular formula is C15H14O3. The molecule has 2 aliphatic rings. The van der Waals surface area contributed by atoms with E-state index < -0.39 is 0 Å². The Kier molecular flexibility index (Phi) is 2.37. The predicted molar refractivity (Wildman–Crippen MR) is 66.3 cm³/mol. The second-order valence-electron chi connectivity index (χ2n) is 4.79. The van der Waals surface area contributed by atoms with E-state index in [0.29, 0.717) is 12.2 Å². The lowest BCUT2D eigenvalue weighted by atomic mass is 9.83. The third-order valence-electron chi connectivity index (χ3n) is 3.80. The summed E-state index contributed by atoms with van der Waals surface area (Å²) >= 11 is 0. The maximum Gasteiger partial charge on any atom is 0.310 e. The van der Waals surface area contributed by atoms with Crippen molar-refractivity contribution in [1.82, 2.24) is 0 Å². The minimum absolute atomic E-state index is 0.0192. The van der Waals surface area contributed by atoms with Crippen molar-refractivity contribution < 1.29 is 14.3 Å². The lowest BCUT2D eigenvalue weighted by Gasteiger charge is -2.20. The van der Waals surface area contributed by atoms with Crippen LogP contribution in [-0.2, 0) is 14.9 Å². The summed E-state index contributed by atoms with van der Waals surface area (Å²) in [4.78, 5) is 23.6. The zero-order valence-corrected chi connectivity index (χ0v) is 10.2. The highest BCUT2D eigenvalue weighted by molar-refractivity contribution is 6.08. The lowest BCUT2D eigenvalue weighted by molar-refractivity contribution is -0.145. The molecule has 2 atom stereocenters. The molecule has 0 saturated heterocycles. The van der Waals surface area contributed by atoms with Gasteiger partial charge >= 0.3 is 5.97 Å². The van der Waals surface area contributed by atoms with E-state index in [1.807, 2.05) is 30.3 Å². The normalized spacial score (nSPS) is 28.1. The molecule has 1 aromatic carbocycles. The van der Waals surface area contributed by atoms with Gasteiger partial charge in [-0.2, -0.15) is 0 Å². The van der Waals surface area contributed by atoms with Crippen molar-refractivity contribution in [1.29, 1.82) is 0 Å². The summed E-state index contributed by atoms with van der Waals surface area (Å²) in [5, 5.41) is 0. The first-order valence-electron chi connectivity index (χ1n) is 6.19. The van der Waals surface area contributed by atoms with Crippen molar-refractivity contribution in [3.63, 3.8) is 0 Å². The van der Waals surface area contributed by atoms with E-state index in [-0.39, 0.29) is 23.1 Å². The van der Waals surface area contributed by atoms with Gasteiger partial charge in [-0.25, -0.2) is 0 Å². The summed E-state index contributed by atoms with van der Waals surface area (Å²) in [6.07, 6.45) is 4.20. The lowest BCUT2D eigenvalue weighted by Crippen LogP contribution is -2.21. The van der Waals surface area contributed by atoms with Gasteiger partial charge in [0.2, 0.25) is 0 Å². The average molecular weight is 242 g/mol. The molecule has 0 N–H and O–H groups in total. The van der Waals surface area contributed by atoms with Crippen molar-refractivity contribution >= 4 is 11.8 Å². The zero-order valence-electron chi connectivity index (χ0n) is 10.2. The summed E-state index contributed by atoms with van der Waals surface area (Å²) in [6, 6.07) is 7.53. The molecule has 3 rings (SSSR count). The molecule has 1 saturated carbocycles. The van der Waals surface area contributed by atoms with Gasteiger partial charge in [-0.15, -0.1) is 0 Å². The SMILES string of the molecule is CCOC(=O)C1CC12C=CC(=O)c1ccccc12. The van der Waals surface area contributed by atoms with E-state index >= 15 is 0 Å². The number of carbonyl (C=O) groups is 2. The van der Waals surface area contributed by atoms with Gasteiger partial charge in [0.15, 0.2) is 5.78 Å². The zero-order chi connectivity index (χ0) is 12.8. The average Bonchev–Trinajstić information content (AvgIpc) is 3.11. The molecular weight excluding hydrogens is 228 g/mol. The van der Waals surface area contributed by atoms with Gasteiger partial charge in [0, 0.05) is 11.0 Å². The van der Waals surface area contributed by atoms with E-state index in [0.717, 1.165) is 12.0 Å². The molecule has 1 fully saturated rings. The number of ether oxygens (including phenoxy) is 1. The Hall–Kier alpha value is -1.90. The first-order chi connectivity index (χ1) is 8.69.